The van der Waals surface area contributed by atoms with E-state index in [2.05, 4.69) is 40.3 Å². The highest BCUT2D eigenvalue weighted by molar-refractivity contribution is 6.32. The van der Waals surface area contributed by atoms with Gasteiger partial charge in [-0.3, -0.25) is 0 Å². The maximum absolute atomic E-state index is 12.5. The van der Waals surface area contributed by atoms with Crippen molar-refractivity contribution in [2.75, 3.05) is 17.3 Å². The van der Waals surface area contributed by atoms with E-state index >= 15 is 0 Å². The van der Waals surface area contributed by atoms with Gasteiger partial charge in [0, 0.05) is 5.69 Å². The van der Waals surface area contributed by atoms with Gasteiger partial charge in [0.05, 0.1) is 6.21 Å². The fourth-order valence-corrected chi connectivity index (χ4v) is 2.35. The molecular weight excluding hydrogens is 469 g/mol. The number of hydrogen-bond acceptors (Lipinski definition) is 8. The monoisotopic (exact) mass is 482 g/mol. The quantitative estimate of drug-likeness (QED) is 0.219. The van der Waals surface area contributed by atoms with Crippen LogP contribution in [-0.2, 0) is 0 Å². The molecule has 0 saturated heterocycles. The fraction of sp³-hybridized carbons (Fsp3) is 0.158. The van der Waals surface area contributed by atoms with E-state index in [1.807, 2.05) is 0 Å². The number of aromatic nitrogens is 3. The molecule has 2 aromatic carbocycles. The molecule has 0 fully saturated rings. The van der Waals surface area contributed by atoms with Crippen LogP contribution in [0.1, 0.15) is 5.56 Å². The van der Waals surface area contributed by atoms with Gasteiger partial charge >= 0.3 is 18.5 Å². The largest absolute Gasteiger partial charge is 0.573 e. The summed E-state index contributed by atoms with van der Waals surface area (Å²) in [6.45, 7) is -1.66. The van der Waals surface area contributed by atoms with Gasteiger partial charge in [0.25, 0.3) is 5.95 Å². The van der Waals surface area contributed by atoms with Gasteiger partial charge < -0.3 is 14.8 Å². The van der Waals surface area contributed by atoms with Gasteiger partial charge in [-0.1, -0.05) is 29.7 Å². The molecule has 8 nitrogen and oxygen atoms in total. The Bertz CT molecular complexity index is 1140. The van der Waals surface area contributed by atoms with Crippen molar-refractivity contribution in [3.63, 3.8) is 0 Å². The lowest BCUT2D eigenvalue weighted by molar-refractivity contribution is -0.274. The number of ether oxygens (including phenoxy) is 2. The average Bonchev–Trinajstić information content (AvgIpc) is 2.72. The molecule has 1 aromatic heterocycles. The Morgan fingerprint density at radius 2 is 1.65 bits per heavy atom. The first-order valence-electron chi connectivity index (χ1n) is 9.18. The highest BCUT2D eigenvalue weighted by atomic mass is 19.4. The standard InChI is InChI=1S/C19H13BF6N6O2/c20-12-3-1-2-11(8-12)9-27-32-16-29-15(30-17(31-16)33-10-18(21,22)23)28-13-4-6-14(7-5-13)34-19(24,25)26/h1-9H,10H2,(H2,28,29,30,31,32)/b27-9+. The Morgan fingerprint density at radius 1 is 0.941 bits per heavy atom. The van der Waals surface area contributed by atoms with Gasteiger partial charge in [0.1, 0.15) is 13.6 Å². The minimum atomic E-state index is -4.86. The number of nitrogens with zero attached hydrogens (tertiary/aromatic N) is 4. The normalized spacial score (nSPS) is 11.9. The van der Waals surface area contributed by atoms with Crippen molar-refractivity contribution in [1.82, 2.24) is 15.0 Å². The summed E-state index contributed by atoms with van der Waals surface area (Å²) in [6.07, 6.45) is -8.14. The SMILES string of the molecule is [B]c1cccc(/C=N/Nc2nc(Nc3ccc(OC(F)(F)F)cc3)nc(OCC(F)(F)F)n2)c1. The third-order valence-electron chi connectivity index (χ3n) is 3.61. The van der Waals surface area contributed by atoms with Crippen LogP contribution in [0.5, 0.6) is 11.8 Å². The number of hydrazone groups is 1. The van der Waals surface area contributed by atoms with Crippen molar-refractivity contribution in [2.24, 2.45) is 5.10 Å². The Labute approximate surface area is 189 Å². The van der Waals surface area contributed by atoms with E-state index in [1.54, 1.807) is 24.3 Å². The van der Waals surface area contributed by atoms with E-state index < -0.39 is 30.9 Å². The number of rotatable bonds is 8. The summed E-state index contributed by atoms with van der Waals surface area (Å²) in [6, 6.07) is 10.5. The number of halogens is 6. The highest BCUT2D eigenvalue weighted by Crippen LogP contribution is 2.25. The summed E-state index contributed by atoms with van der Waals surface area (Å²) in [5.41, 5.74) is 3.75. The molecule has 0 bridgehead atoms. The van der Waals surface area contributed by atoms with Crippen molar-refractivity contribution < 1.29 is 35.8 Å². The van der Waals surface area contributed by atoms with E-state index in [0.29, 0.717) is 11.0 Å². The van der Waals surface area contributed by atoms with Gasteiger partial charge in [-0.2, -0.15) is 33.2 Å². The lowest BCUT2D eigenvalue weighted by Crippen LogP contribution is -2.20. The maximum atomic E-state index is 12.5. The Hall–Kier alpha value is -4.04. The molecule has 0 aliphatic rings. The molecule has 0 unspecified atom stereocenters. The van der Waals surface area contributed by atoms with Crippen LogP contribution in [0.25, 0.3) is 0 Å². The first kappa shape index (κ1) is 24.6. The molecule has 0 spiro atoms. The zero-order valence-electron chi connectivity index (χ0n) is 16.9. The number of hydrogen-bond donors (Lipinski definition) is 2. The van der Waals surface area contributed by atoms with Gasteiger partial charge in [0.15, 0.2) is 6.61 Å². The topological polar surface area (TPSA) is 93.6 Å². The molecule has 0 atom stereocenters. The molecule has 0 saturated carbocycles. The van der Waals surface area contributed by atoms with Crippen LogP contribution >= 0.6 is 0 Å². The molecule has 15 heteroatoms. The van der Waals surface area contributed by atoms with Gasteiger partial charge in [0.2, 0.25) is 5.95 Å². The predicted molar refractivity (Wildman–Crippen MR) is 111 cm³/mol. The molecule has 0 aliphatic carbocycles. The zero-order valence-corrected chi connectivity index (χ0v) is 16.9. The van der Waals surface area contributed by atoms with Crippen LogP contribution in [0.2, 0.25) is 0 Å². The third-order valence-corrected chi connectivity index (χ3v) is 3.61. The maximum Gasteiger partial charge on any atom is 0.573 e. The molecule has 34 heavy (non-hydrogen) atoms. The van der Waals surface area contributed by atoms with Crippen molar-refractivity contribution in [2.45, 2.75) is 12.5 Å². The molecule has 2 N–H and O–H groups in total. The van der Waals surface area contributed by atoms with Crippen molar-refractivity contribution in [3.8, 4) is 11.8 Å². The van der Waals surface area contributed by atoms with Gasteiger partial charge in [-0.05, 0) is 29.8 Å². The second-order valence-corrected chi connectivity index (χ2v) is 6.41. The minimum Gasteiger partial charge on any atom is -0.454 e. The van der Waals surface area contributed by atoms with Crippen molar-refractivity contribution in [1.29, 1.82) is 0 Å². The third kappa shape index (κ3) is 8.48. The van der Waals surface area contributed by atoms with Crippen molar-refractivity contribution in [3.05, 3.63) is 54.1 Å². The molecule has 3 aromatic rings. The number of benzene rings is 2. The van der Waals surface area contributed by atoms with E-state index in [-0.39, 0.29) is 17.6 Å². The summed E-state index contributed by atoms with van der Waals surface area (Å²) in [5.74, 6) is -1.01. The van der Waals surface area contributed by atoms with Crippen LogP contribution in [-0.4, -0.2) is 48.2 Å². The molecule has 176 valence electrons. The van der Waals surface area contributed by atoms with E-state index in [0.717, 1.165) is 12.1 Å². The van der Waals surface area contributed by atoms with E-state index in [9.17, 15) is 26.3 Å². The van der Waals surface area contributed by atoms with Crippen molar-refractivity contribution >= 4 is 37.1 Å². The Morgan fingerprint density at radius 3 is 2.29 bits per heavy atom. The number of alkyl halides is 6. The lowest BCUT2D eigenvalue weighted by Gasteiger charge is -2.12. The fourth-order valence-electron chi connectivity index (χ4n) is 2.35. The minimum absolute atomic E-state index is 0.205. The first-order valence-corrected chi connectivity index (χ1v) is 9.18. The second-order valence-electron chi connectivity index (χ2n) is 6.41. The van der Waals surface area contributed by atoms with E-state index in [4.69, 9.17) is 7.85 Å². The summed E-state index contributed by atoms with van der Waals surface area (Å²) in [4.78, 5) is 11.4. The Kier molecular flexibility index (Phi) is 7.43. The smallest absolute Gasteiger partial charge is 0.454 e. The van der Waals surface area contributed by atoms with Crippen LogP contribution in [0.3, 0.4) is 0 Å². The summed E-state index contributed by atoms with van der Waals surface area (Å²) < 4.78 is 82.7. The highest BCUT2D eigenvalue weighted by Gasteiger charge is 2.31. The zero-order chi connectivity index (χ0) is 24.8. The Balaban J connectivity index is 1.78. The van der Waals surface area contributed by atoms with Crippen LogP contribution in [0.15, 0.2) is 53.6 Å². The average molecular weight is 482 g/mol. The summed E-state index contributed by atoms with van der Waals surface area (Å²) in [5, 5.41) is 6.50. The number of nitrogens with one attached hydrogen (secondary N) is 2. The molecule has 1 heterocycles. The molecular formula is C19H13BF6N6O2. The van der Waals surface area contributed by atoms with E-state index in [1.165, 1.54) is 18.3 Å². The number of anilines is 3. The predicted octanol–water partition coefficient (Wildman–Crippen LogP) is 3.69. The molecule has 2 radical (unpaired) electrons. The van der Waals surface area contributed by atoms with Gasteiger partial charge in [-0.15, -0.1) is 13.2 Å². The molecule has 3 rings (SSSR count). The van der Waals surface area contributed by atoms with Crippen LogP contribution < -0.4 is 25.7 Å². The first-order chi connectivity index (χ1) is 15.9. The van der Waals surface area contributed by atoms with Crippen LogP contribution in [0, 0.1) is 0 Å². The lowest BCUT2D eigenvalue weighted by atomic mass is 9.95. The molecule has 0 amide bonds. The molecule has 0 aliphatic heterocycles. The summed E-state index contributed by atoms with van der Waals surface area (Å²) >= 11 is 0. The summed E-state index contributed by atoms with van der Waals surface area (Å²) in [7, 11) is 5.67. The van der Waals surface area contributed by atoms with Gasteiger partial charge in [-0.25, -0.2) is 5.43 Å². The van der Waals surface area contributed by atoms with Crippen LogP contribution in [0.4, 0.5) is 43.9 Å². The second kappa shape index (κ2) is 10.3.